The molecule has 0 rings (SSSR count). The summed E-state index contributed by atoms with van der Waals surface area (Å²) < 4.78 is 4.92. The average molecular weight is 298 g/mol. The molecule has 0 amide bonds. The average Bonchev–Trinajstić information content (AvgIpc) is 2.48. The maximum absolute atomic E-state index is 11.8. The number of carbonyl (C=O) groups is 1. The Morgan fingerprint density at radius 2 is 1.71 bits per heavy atom. The van der Waals surface area contributed by atoms with E-state index in [1.807, 2.05) is 13.8 Å². The van der Waals surface area contributed by atoms with Crippen molar-refractivity contribution < 1.29 is 14.6 Å². The van der Waals surface area contributed by atoms with Gasteiger partial charge in [-0.2, -0.15) is 0 Å². The molecule has 0 bridgehead atoms. The van der Waals surface area contributed by atoms with Gasteiger partial charge in [0.15, 0.2) is 0 Å². The van der Waals surface area contributed by atoms with Crippen LogP contribution in [0.2, 0.25) is 0 Å². The molecule has 21 heavy (non-hydrogen) atoms. The molecule has 0 aromatic carbocycles. The van der Waals surface area contributed by atoms with Crippen molar-refractivity contribution in [2.75, 3.05) is 13.7 Å². The molecule has 0 aromatic rings. The van der Waals surface area contributed by atoms with Gasteiger partial charge in [0.2, 0.25) is 0 Å². The summed E-state index contributed by atoms with van der Waals surface area (Å²) in [5.74, 6) is 0.289. The van der Waals surface area contributed by atoms with Crippen LogP contribution in [0.3, 0.4) is 0 Å². The molecule has 3 nitrogen and oxygen atoms in total. The number of unbranched alkanes of at least 4 members (excludes halogenated alkanes) is 4. The van der Waals surface area contributed by atoms with Gasteiger partial charge < -0.3 is 9.84 Å². The largest absolute Gasteiger partial charge is 0.469 e. The molecule has 0 saturated heterocycles. The van der Waals surface area contributed by atoms with Gasteiger partial charge in [0.05, 0.1) is 12.5 Å². The summed E-state index contributed by atoms with van der Waals surface area (Å²) in [6, 6.07) is 0. The van der Waals surface area contributed by atoms with Gasteiger partial charge in [-0.25, -0.2) is 0 Å². The lowest BCUT2D eigenvalue weighted by atomic mass is 9.74. The fraction of sp³-hybridized carbons (Fsp3) is 0.833. The molecule has 0 radical (unpaired) electrons. The topological polar surface area (TPSA) is 46.5 Å². The Kier molecular flexibility index (Phi) is 11.3. The molecule has 0 aromatic heterocycles. The summed E-state index contributed by atoms with van der Waals surface area (Å²) in [6.07, 6.45) is 13.0. The maximum Gasteiger partial charge on any atom is 0.311 e. The molecule has 0 spiro atoms. The van der Waals surface area contributed by atoms with E-state index in [-0.39, 0.29) is 11.4 Å². The first-order valence-electron chi connectivity index (χ1n) is 8.34. The third-order valence-corrected chi connectivity index (χ3v) is 4.34. The minimum absolute atomic E-state index is 0.0990. The molecule has 124 valence electrons. The molecule has 3 heteroatoms. The molecule has 0 heterocycles. The number of rotatable bonds is 12. The first kappa shape index (κ1) is 20.2. The van der Waals surface area contributed by atoms with Crippen LogP contribution >= 0.6 is 0 Å². The van der Waals surface area contributed by atoms with E-state index in [0.29, 0.717) is 12.5 Å². The van der Waals surface area contributed by atoms with Gasteiger partial charge in [-0.15, -0.1) is 0 Å². The van der Waals surface area contributed by atoms with E-state index in [1.165, 1.54) is 13.5 Å². The smallest absolute Gasteiger partial charge is 0.311 e. The predicted octanol–water partition coefficient (Wildman–Crippen LogP) is 4.49. The van der Waals surface area contributed by atoms with Crippen molar-refractivity contribution >= 4 is 5.97 Å². The Morgan fingerprint density at radius 1 is 1.14 bits per heavy atom. The Hall–Kier alpha value is -0.830. The second-order valence-corrected chi connectivity index (χ2v) is 6.29. The van der Waals surface area contributed by atoms with E-state index in [0.717, 1.165) is 44.9 Å². The Balaban J connectivity index is 3.90. The van der Waals surface area contributed by atoms with Crippen molar-refractivity contribution in [3.05, 3.63) is 12.2 Å². The third-order valence-electron chi connectivity index (χ3n) is 4.34. The number of aliphatic hydroxyl groups excluding tert-OH is 1. The zero-order valence-electron chi connectivity index (χ0n) is 14.4. The van der Waals surface area contributed by atoms with Gasteiger partial charge in [0.25, 0.3) is 0 Å². The molecule has 0 aliphatic heterocycles. The predicted molar refractivity (Wildman–Crippen MR) is 88.1 cm³/mol. The Labute approximate surface area is 130 Å². The summed E-state index contributed by atoms with van der Waals surface area (Å²) in [5, 5.41) is 8.68. The summed E-state index contributed by atoms with van der Waals surface area (Å²) >= 11 is 0. The number of aliphatic hydroxyl groups is 1. The van der Waals surface area contributed by atoms with Crippen LogP contribution in [-0.2, 0) is 9.53 Å². The first-order chi connectivity index (χ1) is 10.0. The Morgan fingerprint density at radius 3 is 2.19 bits per heavy atom. The van der Waals surface area contributed by atoms with Crippen molar-refractivity contribution in [2.45, 2.75) is 72.1 Å². The fourth-order valence-electron chi connectivity index (χ4n) is 2.77. The van der Waals surface area contributed by atoms with Crippen LogP contribution in [0.5, 0.6) is 0 Å². The molecule has 1 unspecified atom stereocenters. The number of ether oxygens (including phenoxy) is 1. The van der Waals surface area contributed by atoms with Crippen LogP contribution in [0.15, 0.2) is 12.2 Å². The molecule has 0 aliphatic carbocycles. The van der Waals surface area contributed by atoms with E-state index in [9.17, 15) is 4.79 Å². The molecule has 0 fully saturated rings. The number of hydrogen-bond donors (Lipinski definition) is 1. The highest BCUT2D eigenvalue weighted by Crippen LogP contribution is 2.34. The fourth-order valence-corrected chi connectivity index (χ4v) is 2.77. The van der Waals surface area contributed by atoms with Crippen LogP contribution in [-0.4, -0.2) is 24.8 Å². The highest BCUT2D eigenvalue weighted by molar-refractivity contribution is 5.76. The van der Waals surface area contributed by atoms with Crippen LogP contribution in [0.25, 0.3) is 0 Å². The van der Waals surface area contributed by atoms with Crippen LogP contribution in [0.1, 0.15) is 72.1 Å². The molecule has 1 atom stereocenters. The van der Waals surface area contributed by atoms with Gasteiger partial charge in [-0.3, -0.25) is 4.79 Å². The summed E-state index contributed by atoms with van der Waals surface area (Å²) in [4.78, 5) is 11.8. The highest BCUT2D eigenvalue weighted by atomic mass is 16.5. The number of methoxy groups -OCH3 is 1. The van der Waals surface area contributed by atoms with E-state index >= 15 is 0 Å². The zero-order valence-corrected chi connectivity index (χ0v) is 14.4. The van der Waals surface area contributed by atoms with Crippen molar-refractivity contribution in [1.29, 1.82) is 0 Å². The second-order valence-electron chi connectivity index (χ2n) is 6.29. The van der Waals surface area contributed by atoms with Crippen molar-refractivity contribution in [1.82, 2.24) is 0 Å². The van der Waals surface area contributed by atoms with Crippen LogP contribution in [0.4, 0.5) is 0 Å². The van der Waals surface area contributed by atoms with Gasteiger partial charge in [0.1, 0.15) is 0 Å². The van der Waals surface area contributed by atoms with E-state index in [2.05, 4.69) is 19.1 Å². The standard InChI is InChI=1S/C18H34O3/c1-5-16(18(2,3)17(20)21-4)14-12-10-8-6-7-9-11-13-15-19/h6-7,16,19H,5,8-15H2,1-4H3/b7-6+. The van der Waals surface area contributed by atoms with Gasteiger partial charge in [-0.1, -0.05) is 31.9 Å². The van der Waals surface area contributed by atoms with Gasteiger partial charge >= 0.3 is 5.97 Å². The summed E-state index contributed by atoms with van der Waals surface area (Å²) in [7, 11) is 1.47. The van der Waals surface area contributed by atoms with Crippen LogP contribution < -0.4 is 0 Å². The minimum atomic E-state index is -0.385. The van der Waals surface area contributed by atoms with E-state index < -0.39 is 0 Å². The zero-order chi connectivity index (χ0) is 16.1. The lowest BCUT2D eigenvalue weighted by Crippen LogP contribution is -2.33. The summed E-state index contributed by atoms with van der Waals surface area (Å²) in [6.45, 7) is 6.43. The Bertz CT molecular complexity index is 295. The summed E-state index contributed by atoms with van der Waals surface area (Å²) in [5.41, 5.74) is -0.385. The quantitative estimate of drug-likeness (QED) is 0.328. The number of esters is 1. The highest BCUT2D eigenvalue weighted by Gasteiger charge is 2.36. The van der Waals surface area contributed by atoms with Gasteiger partial charge in [0, 0.05) is 6.61 Å². The van der Waals surface area contributed by atoms with Gasteiger partial charge in [-0.05, 0) is 58.3 Å². The first-order valence-corrected chi connectivity index (χ1v) is 8.34. The van der Waals surface area contributed by atoms with Crippen molar-refractivity contribution in [2.24, 2.45) is 11.3 Å². The molecular formula is C18H34O3. The minimum Gasteiger partial charge on any atom is -0.469 e. The van der Waals surface area contributed by atoms with E-state index in [1.54, 1.807) is 0 Å². The maximum atomic E-state index is 11.8. The molecular weight excluding hydrogens is 264 g/mol. The SMILES string of the molecule is CCC(CCCC/C=C/CCCCO)C(C)(C)C(=O)OC. The lowest BCUT2D eigenvalue weighted by Gasteiger charge is -2.31. The van der Waals surface area contributed by atoms with Crippen LogP contribution in [0, 0.1) is 11.3 Å². The third kappa shape index (κ3) is 8.25. The lowest BCUT2D eigenvalue weighted by molar-refractivity contribution is -0.154. The number of carbonyl (C=O) groups excluding carboxylic acids is 1. The monoisotopic (exact) mass is 298 g/mol. The molecule has 0 aliphatic rings. The number of hydrogen-bond acceptors (Lipinski definition) is 3. The molecule has 1 N–H and O–H groups in total. The van der Waals surface area contributed by atoms with E-state index in [4.69, 9.17) is 9.84 Å². The van der Waals surface area contributed by atoms with Crippen molar-refractivity contribution in [3.8, 4) is 0 Å². The normalized spacial score (nSPS) is 13.6. The molecule has 0 saturated carbocycles. The number of allylic oxidation sites excluding steroid dienone is 2. The van der Waals surface area contributed by atoms with Crippen molar-refractivity contribution in [3.63, 3.8) is 0 Å². The second kappa shape index (κ2) is 11.8.